The lowest BCUT2D eigenvalue weighted by atomic mass is 9.84. The van der Waals surface area contributed by atoms with Crippen molar-refractivity contribution in [3.63, 3.8) is 0 Å². The zero-order chi connectivity index (χ0) is 13.2. The molecule has 1 unspecified atom stereocenters. The van der Waals surface area contributed by atoms with Crippen molar-refractivity contribution in [2.75, 3.05) is 0 Å². The molecule has 1 fully saturated rings. The highest BCUT2D eigenvalue weighted by atomic mass is 19.1. The largest absolute Gasteiger partial charge is 0.387 e. The number of aliphatic hydroxyl groups is 2. The van der Waals surface area contributed by atoms with Crippen molar-refractivity contribution >= 4 is 0 Å². The van der Waals surface area contributed by atoms with E-state index >= 15 is 0 Å². The van der Waals surface area contributed by atoms with Crippen LogP contribution in [0.15, 0.2) is 18.2 Å². The minimum absolute atomic E-state index is 0.377. The number of hydrogen-bond acceptors (Lipinski definition) is 2. The third kappa shape index (κ3) is 2.54. The Morgan fingerprint density at radius 3 is 2.00 bits per heavy atom. The molecule has 2 rings (SSSR count). The molecule has 2 N–H and O–H groups in total. The van der Waals surface area contributed by atoms with Gasteiger partial charge in [-0.15, -0.1) is 0 Å². The van der Waals surface area contributed by atoms with Gasteiger partial charge in [0.15, 0.2) is 0 Å². The third-order valence-corrected chi connectivity index (χ3v) is 3.75. The van der Waals surface area contributed by atoms with Gasteiger partial charge in [0.25, 0.3) is 0 Å². The molecular formula is C14H18F2O2. The molecule has 0 radical (unpaired) electrons. The van der Waals surface area contributed by atoms with Crippen LogP contribution in [-0.2, 0) is 0 Å². The summed E-state index contributed by atoms with van der Waals surface area (Å²) in [5.74, 6) is -1.61. The second-order valence-electron chi connectivity index (χ2n) is 5.06. The zero-order valence-corrected chi connectivity index (χ0v) is 10.2. The molecule has 0 amide bonds. The lowest BCUT2D eigenvalue weighted by molar-refractivity contribution is -0.0894. The maximum absolute atomic E-state index is 13.6. The molecule has 0 aliphatic heterocycles. The molecule has 1 aromatic carbocycles. The normalized spacial score (nSPS) is 21.3. The van der Waals surface area contributed by atoms with E-state index in [1.807, 2.05) is 0 Å². The average molecular weight is 256 g/mol. The highest BCUT2D eigenvalue weighted by Crippen LogP contribution is 2.38. The third-order valence-electron chi connectivity index (χ3n) is 3.75. The Morgan fingerprint density at radius 1 is 1.00 bits per heavy atom. The second kappa shape index (κ2) is 5.33. The van der Waals surface area contributed by atoms with E-state index in [1.165, 1.54) is 6.07 Å². The number of aliphatic hydroxyl groups excluding tert-OH is 1. The first-order chi connectivity index (χ1) is 8.54. The molecule has 0 aromatic heterocycles. The summed E-state index contributed by atoms with van der Waals surface area (Å²) in [5.41, 5.74) is -1.83. The van der Waals surface area contributed by atoms with E-state index in [1.54, 1.807) is 0 Å². The SMILES string of the molecule is OC(c1c(F)cccc1F)C1(O)CCCCCC1. The quantitative estimate of drug-likeness (QED) is 0.798. The van der Waals surface area contributed by atoms with Crippen molar-refractivity contribution in [3.05, 3.63) is 35.4 Å². The summed E-state index contributed by atoms with van der Waals surface area (Å²) >= 11 is 0. The lowest BCUT2D eigenvalue weighted by Crippen LogP contribution is -2.36. The number of hydrogen-bond donors (Lipinski definition) is 2. The standard InChI is InChI=1S/C14H18F2O2/c15-10-6-5-7-11(16)12(10)13(17)14(18)8-3-1-2-4-9-14/h5-7,13,17-18H,1-4,8-9H2. The van der Waals surface area contributed by atoms with Gasteiger partial charge in [-0.05, 0) is 25.0 Å². The van der Waals surface area contributed by atoms with E-state index in [0.29, 0.717) is 12.8 Å². The summed E-state index contributed by atoms with van der Waals surface area (Å²) in [6.45, 7) is 0. The number of rotatable bonds is 2. The molecule has 1 atom stereocenters. The second-order valence-corrected chi connectivity index (χ2v) is 5.06. The van der Waals surface area contributed by atoms with Gasteiger partial charge >= 0.3 is 0 Å². The van der Waals surface area contributed by atoms with Crippen LogP contribution in [0.1, 0.15) is 50.2 Å². The van der Waals surface area contributed by atoms with Crippen LogP contribution in [0.25, 0.3) is 0 Å². The van der Waals surface area contributed by atoms with Crippen LogP contribution in [0.2, 0.25) is 0 Å². The van der Waals surface area contributed by atoms with Gasteiger partial charge in [-0.1, -0.05) is 31.7 Å². The molecule has 1 saturated carbocycles. The first-order valence-corrected chi connectivity index (χ1v) is 6.39. The van der Waals surface area contributed by atoms with Crippen LogP contribution in [0.5, 0.6) is 0 Å². The van der Waals surface area contributed by atoms with Crippen LogP contribution in [0.3, 0.4) is 0 Å². The molecule has 0 saturated heterocycles. The van der Waals surface area contributed by atoms with Crippen molar-refractivity contribution in [3.8, 4) is 0 Å². The van der Waals surface area contributed by atoms with Crippen molar-refractivity contribution in [2.45, 2.75) is 50.2 Å². The van der Waals surface area contributed by atoms with E-state index in [0.717, 1.165) is 37.8 Å². The Labute approximate surface area is 105 Å². The maximum atomic E-state index is 13.6. The van der Waals surface area contributed by atoms with Gasteiger partial charge in [-0.25, -0.2) is 8.78 Å². The Morgan fingerprint density at radius 2 is 1.50 bits per heavy atom. The Balaban J connectivity index is 2.31. The van der Waals surface area contributed by atoms with Gasteiger partial charge in [0.2, 0.25) is 0 Å². The minimum Gasteiger partial charge on any atom is -0.387 e. The molecule has 1 aromatic rings. The molecule has 0 spiro atoms. The summed E-state index contributed by atoms with van der Waals surface area (Å²) in [7, 11) is 0. The highest BCUT2D eigenvalue weighted by Gasteiger charge is 2.39. The van der Waals surface area contributed by atoms with Crippen molar-refractivity contribution < 1.29 is 19.0 Å². The fourth-order valence-corrected chi connectivity index (χ4v) is 2.65. The average Bonchev–Trinajstić information content (AvgIpc) is 2.55. The Kier molecular flexibility index (Phi) is 3.97. The van der Waals surface area contributed by atoms with Gasteiger partial charge in [0, 0.05) is 0 Å². The maximum Gasteiger partial charge on any atom is 0.132 e. The first-order valence-electron chi connectivity index (χ1n) is 6.39. The predicted molar refractivity (Wildman–Crippen MR) is 64.0 cm³/mol. The van der Waals surface area contributed by atoms with Crippen molar-refractivity contribution in [2.24, 2.45) is 0 Å². The van der Waals surface area contributed by atoms with Crippen LogP contribution in [-0.4, -0.2) is 15.8 Å². The lowest BCUT2D eigenvalue weighted by Gasteiger charge is -2.32. The summed E-state index contributed by atoms with van der Waals surface area (Å²) in [6, 6.07) is 3.45. The van der Waals surface area contributed by atoms with Crippen LogP contribution >= 0.6 is 0 Å². The molecule has 0 bridgehead atoms. The predicted octanol–water partition coefficient (Wildman–Crippen LogP) is 3.08. The summed E-state index contributed by atoms with van der Waals surface area (Å²) in [5, 5.41) is 20.6. The van der Waals surface area contributed by atoms with Crippen molar-refractivity contribution in [1.29, 1.82) is 0 Å². The molecule has 2 nitrogen and oxygen atoms in total. The Bertz CT molecular complexity index is 392. The fourth-order valence-electron chi connectivity index (χ4n) is 2.65. The summed E-state index contributed by atoms with van der Waals surface area (Å²) in [4.78, 5) is 0. The monoisotopic (exact) mass is 256 g/mol. The summed E-state index contributed by atoms with van der Waals surface area (Å²) in [6.07, 6.45) is 2.75. The van der Waals surface area contributed by atoms with Gasteiger partial charge in [-0.3, -0.25) is 0 Å². The fraction of sp³-hybridized carbons (Fsp3) is 0.571. The molecule has 18 heavy (non-hydrogen) atoms. The van der Waals surface area contributed by atoms with Crippen LogP contribution in [0.4, 0.5) is 8.78 Å². The molecule has 1 aliphatic carbocycles. The molecule has 100 valence electrons. The van der Waals surface area contributed by atoms with E-state index in [2.05, 4.69) is 0 Å². The Hall–Kier alpha value is -1.00. The van der Waals surface area contributed by atoms with E-state index in [4.69, 9.17) is 0 Å². The highest BCUT2D eigenvalue weighted by molar-refractivity contribution is 5.24. The van der Waals surface area contributed by atoms with Crippen LogP contribution in [0, 0.1) is 11.6 Å². The van der Waals surface area contributed by atoms with Gasteiger partial charge < -0.3 is 10.2 Å². The molecular weight excluding hydrogens is 238 g/mol. The summed E-state index contributed by atoms with van der Waals surface area (Å²) < 4.78 is 27.2. The van der Waals surface area contributed by atoms with Crippen LogP contribution < -0.4 is 0 Å². The number of halogens is 2. The minimum atomic E-state index is -1.50. The van der Waals surface area contributed by atoms with E-state index in [9.17, 15) is 19.0 Å². The number of benzene rings is 1. The van der Waals surface area contributed by atoms with Gasteiger partial charge in [0.1, 0.15) is 17.7 Å². The van der Waals surface area contributed by atoms with Crippen molar-refractivity contribution in [1.82, 2.24) is 0 Å². The zero-order valence-electron chi connectivity index (χ0n) is 10.2. The molecule has 0 heterocycles. The van der Waals surface area contributed by atoms with E-state index < -0.39 is 28.9 Å². The van der Waals surface area contributed by atoms with Gasteiger partial charge in [-0.2, -0.15) is 0 Å². The molecule has 1 aliphatic rings. The van der Waals surface area contributed by atoms with E-state index in [-0.39, 0.29) is 0 Å². The molecule has 4 heteroatoms. The topological polar surface area (TPSA) is 40.5 Å². The smallest absolute Gasteiger partial charge is 0.132 e. The first kappa shape index (κ1) is 13.4. The van der Waals surface area contributed by atoms with Gasteiger partial charge in [0.05, 0.1) is 11.2 Å².